The Morgan fingerprint density at radius 1 is 0.882 bits per heavy atom. The Hall–Kier alpha value is -4.39. The standard InChI is InChI=1S/C27H23NO6/c1-33-21-14-12-18(13-15-21)23-22(24(29)19-6-4-3-5-7-19)25(30)26(31)28(23)16-17-8-10-20(11-9-17)27(32)34-2/h3-15,23,29H,16H2,1-2H3/b24-22+. The van der Waals surface area contributed by atoms with Gasteiger partial charge in [0.05, 0.1) is 31.4 Å². The highest BCUT2D eigenvalue weighted by molar-refractivity contribution is 6.46. The number of hydrogen-bond donors (Lipinski definition) is 1. The number of rotatable bonds is 6. The fourth-order valence-corrected chi connectivity index (χ4v) is 3.99. The highest BCUT2D eigenvalue weighted by Gasteiger charge is 2.46. The van der Waals surface area contributed by atoms with Gasteiger partial charge in [0.1, 0.15) is 11.5 Å². The fraction of sp³-hybridized carbons (Fsp3) is 0.148. The summed E-state index contributed by atoms with van der Waals surface area (Å²) in [5.41, 5.74) is 2.22. The molecule has 1 saturated heterocycles. The van der Waals surface area contributed by atoms with Crippen LogP contribution in [0.4, 0.5) is 0 Å². The van der Waals surface area contributed by atoms with Gasteiger partial charge in [-0.05, 0) is 35.4 Å². The van der Waals surface area contributed by atoms with E-state index >= 15 is 0 Å². The van der Waals surface area contributed by atoms with E-state index in [9.17, 15) is 19.5 Å². The van der Waals surface area contributed by atoms with Gasteiger partial charge in [-0.2, -0.15) is 0 Å². The zero-order chi connectivity index (χ0) is 24.2. The summed E-state index contributed by atoms with van der Waals surface area (Å²) >= 11 is 0. The predicted molar refractivity (Wildman–Crippen MR) is 125 cm³/mol. The maximum Gasteiger partial charge on any atom is 0.337 e. The molecule has 0 aromatic heterocycles. The zero-order valence-electron chi connectivity index (χ0n) is 18.7. The molecule has 1 amide bonds. The molecule has 1 aliphatic heterocycles. The number of likely N-dealkylation sites (tertiary alicyclic amines) is 1. The van der Waals surface area contributed by atoms with Crippen LogP contribution in [-0.2, 0) is 20.9 Å². The highest BCUT2D eigenvalue weighted by Crippen LogP contribution is 2.40. The van der Waals surface area contributed by atoms with Crippen molar-refractivity contribution >= 4 is 23.4 Å². The maximum absolute atomic E-state index is 13.1. The van der Waals surface area contributed by atoms with Crippen molar-refractivity contribution in [3.05, 3.63) is 107 Å². The van der Waals surface area contributed by atoms with Crippen LogP contribution in [0.5, 0.6) is 5.75 Å². The number of carbonyl (C=O) groups is 3. The Bertz CT molecular complexity index is 1250. The highest BCUT2D eigenvalue weighted by atomic mass is 16.5. The molecule has 0 radical (unpaired) electrons. The molecule has 1 fully saturated rings. The number of aliphatic hydroxyl groups is 1. The van der Waals surface area contributed by atoms with Crippen molar-refractivity contribution in [2.45, 2.75) is 12.6 Å². The molecular formula is C27H23NO6. The van der Waals surface area contributed by atoms with E-state index in [1.165, 1.54) is 12.0 Å². The molecule has 0 spiro atoms. The van der Waals surface area contributed by atoms with E-state index in [0.717, 1.165) is 0 Å². The molecule has 1 aliphatic rings. The summed E-state index contributed by atoms with van der Waals surface area (Å²) in [6, 6.07) is 21.5. The second-order valence-electron chi connectivity index (χ2n) is 7.75. The van der Waals surface area contributed by atoms with Crippen LogP contribution >= 0.6 is 0 Å². The van der Waals surface area contributed by atoms with Crippen molar-refractivity contribution < 1.29 is 29.0 Å². The molecule has 1 unspecified atom stereocenters. The predicted octanol–water partition coefficient (Wildman–Crippen LogP) is 4.10. The molecule has 7 nitrogen and oxygen atoms in total. The van der Waals surface area contributed by atoms with Crippen LogP contribution in [-0.4, -0.2) is 41.9 Å². The maximum atomic E-state index is 13.1. The van der Waals surface area contributed by atoms with Crippen LogP contribution in [0.3, 0.4) is 0 Å². The van der Waals surface area contributed by atoms with E-state index in [-0.39, 0.29) is 17.9 Å². The summed E-state index contributed by atoms with van der Waals surface area (Å²) in [5.74, 6) is -1.54. The fourth-order valence-electron chi connectivity index (χ4n) is 3.99. The van der Waals surface area contributed by atoms with E-state index in [0.29, 0.717) is 28.0 Å². The van der Waals surface area contributed by atoms with E-state index in [4.69, 9.17) is 9.47 Å². The Kier molecular flexibility index (Phi) is 6.45. The number of benzene rings is 3. The van der Waals surface area contributed by atoms with Crippen molar-refractivity contribution in [3.8, 4) is 5.75 Å². The number of hydrogen-bond acceptors (Lipinski definition) is 6. The average molecular weight is 457 g/mol. The van der Waals surface area contributed by atoms with E-state index < -0.39 is 23.7 Å². The van der Waals surface area contributed by atoms with Gasteiger partial charge in [0, 0.05) is 12.1 Å². The number of ether oxygens (including phenoxy) is 2. The van der Waals surface area contributed by atoms with E-state index in [1.54, 1.807) is 86.0 Å². The lowest BCUT2D eigenvalue weighted by Crippen LogP contribution is -2.29. The van der Waals surface area contributed by atoms with Crippen molar-refractivity contribution in [2.24, 2.45) is 0 Å². The summed E-state index contributed by atoms with van der Waals surface area (Å²) in [6.07, 6.45) is 0. The summed E-state index contributed by atoms with van der Waals surface area (Å²) in [5, 5.41) is 11.1. The molecule has 0 aliphatic carbocycles. The van der Waals surface area contributed by atoms with Crippen LogP contribution < -0.4 is 4.74 Å². The lowest BCUT2D eigenvalue weighted by atomic mass is 9.95. The lowest BCUT2D eigenvalue weighted by Gasteiger charge is -2.25. The number of methoxy groups -OCH3 is 2. The summed E-state index contributed by atoms with van der Waals surface area (Å²) in [6.45, 7) is 0.105. The van der Waals surface area contributed by atoms with Gasteiger partial charge >= 0.3 is 5.97 Å². The van der Waals surface area contributed by atoms with E-state index in [2.05, 4.69) is 0 Å². The molecule has 0 saturated carbocycles. The Labute approximate surface area is 196 Å². The molecular weight excluding hydrogens is 434 g/mol. The van der Waals surface area contributed by atoms with Gasteiger partial charge in [-0.15, -0.1) is 0 Å². The van der Waals surface area contributed by atoms with Gasteiger partial charge in [-0.1, -0.05) is 54.6 Å². The molecule has 4 rings (SSSR count). The summed E-state index contributed by atoms with van der Waals surface area (Å²) in [7, 11) is 2.85. The molecule has 7 heteroatoms. The molecule has 1 heterocycles. The first-order chi connectivity index (χ1) is 16.4. The topological polar surface area (TPSA) is 93.1 Å². The number of aliphatic hydroxyl groups excluding tert-OH is 1. The average Bonchev–Trinajstić information content (AvgIpc) is 3.13. The first kappa shape index (κ1) is 22.8. The number of esters is 1. The number of Topliss-reactive ketones (excluding diaryl/α,β-unsaturated/α-hetero) is 1. The van der Waals surface area contributed by atoms with Gasteiger partial charge in [0.25, 0.3) is 11.7 Å². The second kappa shape index (κ2) is 9.62. The van der Waals surface area contributed by atoms with Gasteiger partial charge in [-0.3, -0.25) is 9.59 Å². The van der Waals surface area contributed by atoms with Crippen molar-refractivity contribution in [1.82, 2.24) is 4.90 Å². The van der Waals surface area contributed by atoms with Gasteiger partial charge in [0.15, 0.2) is 0 Å². The molecule has 0 bridgehead atoms. The third-order valence-electron chi connectivity index (χ3n) is 5.75. The first-order valence-electron chi connectivity index (χ1n) is 10.6. The third-order valence-corrected chi connectivity index (χ3v) is 5.75. The zero-order valence-corrected chi connectivity index (χ0v) is 18.7. The Morgan fingerprint density at radius 3 is 2.12 bits per heavy atom. The SMILES string of the molecule is COC(=O)c1ccc(CN2C(=O)C(=O)/C(=C(/O)c3ccccc3)C2c2ccc(OC)cc2)cc1. The minimum absolute atomic E-state index is 0.0209. The molecule has 3 aromatic rings. The summed E-state index contributed by atoms with van der Waals surface area (Å²) < 4.78 is 9.96. The van der Waals surface area contributed by atoms with Crippen LogP contribution in [0.2, 0.25) is 0 Å². The normalized spacial score (nSPS) is 17.0. The van der Waals surface area contributed by atoms with Crippen LogP contribution in [0.1, 0.15) is 33.1 Å². The van der Waals surface area contributed by atoms with Crippen LogP contribution in [0.15, 0.2) is 84.4 Å². The van der Waals surface area contributed by atoms with Crippen LogP contribution in [0, 0.1) is 0 Å². The molecule has 3 aromatic carbocycles. The minimum Gasteiger partial charge on any atom is -0.507 e. The summed E-state index contributed by atoms with van der Waals surface area (Å²) in [4.78, 5) is 39.4. The van der Waals surface area contributed by atoms with Gasteiger partial charge in [-0.25, -0.2) is 4.79 Å². The molecule has 172 valence electrons. The number of nitrogens with zero attached hydrogens (tertiary/aromatic N) is 1. The number of carbonyl (C=O) groups excluding carboxylic acids is 3. The second-order valence-corrected chi connectivity index (χ2v) is 7.75. The van der Waals surface area contributed by atoms with Crippen molar-refractivity contribution in [1.29, 1.82) is 0 Å². The Balaban J connectivity index is 1.78. The molecule has 1 atom stereocenters. The molecule has 34 heavy (non-hydrogen) atoms. The monoisotopic (exact) mass is 457 g/mol. The van der Waals surface area contributed by atoms with Crippen LogP contribution in [0.25, 0.3) is 5.76 Å². The van der Waals surface area contributed by atoms with Gasteiger partial charge in [0.2, 0.25) is 0 Å². The Morgan fingerprint density at radius 2 is 1.53 bits per heavy atom. The lowest BCUT2D eigenvalue weighted by molar-refractivity contribution is -0.140. The van der Waals surface area contributed by atoms with E-state index in [1.807, 2.05) is 0 Å². The number of ketones is 1. The quantitative estimate of drug-likeness (QED) is 0.259. The number of amides is 1. The minimum atomic E-state index is -0.800. The molecule has 1 N–H and O–H groups in total. The first-order valence-corrected chi connectivity index (χ1v) is 10.6. The van der Waals surface area contributed by atoms with Crippen molar-refractivity contribution in [3.63, 3.8) is 0 Å². The largest absolute Gasteiger partial charge is 0.507 e. The smallest absolute Gasteiger partial charge is 0.337 e. The third kappa shape index (κ3) is 4.28. The van der Waals surface area contributed by atoms with Gasteiger partial charge < -0.3 is 19.5 Å². The van der Waals surface area contributed by atoms with Crippen molar-refractivity contribution in [2.75, 3.05) is 14.2 Å².